The summed E-state index contributed by atoms with van der Waals surface area (Å²) in [5.74, 6) is 0.00283. The molecule has 2 aromatic carbocycles. The van der Waals surface area contributed by atoms with E-state index in [9.17, 15) is 9.90 Å². The molecule has 0 atom stereocenters. The van der Waals surface area contributed by atoms with Crippen LogP contribution in [-0.2, 0) is 0 Å². The maximum Gasteiger partial charge on any atom is 0.212 e. The second kappa shape index (κ2) is 3.42. The number of rotatable bonds is 0. The highest BCUT2D eigenvalue weighted by atomic mass is 16.3. The number of pyridine rings is 1. The molecule has 3 heteroatoms. The van der Waals surface area contributed by atoms with Crippen molar-refractivity contribution in [1.82, 2.24) is 4.98 Å². The Hall–Kier alpha value is -2.68. The average Bonchev–Trinajstić information content (AvgIpc) is 2.44. The van der Waals surface area contributed by atoms with Gasteiger partial charge < -0.3 is 5.11 Å². The van der Waals surface area contributed by atoms with E-state index >= 15 is 0 Å². The SMILES string of the molecule is O=C1c2cccc(O)c2-c2cccc3ccnc1c23. The molecule has 90 valence electrons. The molecule has 0 radical (unpaired) electrons. The van der Waals surface area contributed by atoms with Crippen LogP contribution in [0.15, 0.2) is 48.7 Å². The summed E-state index contributed by atoms with van der Waals surface area (Å²) in [5, 5.41) is 11.9. The molecule has 0 unspecified atom stereocenters. The Morgan fingerprint density at radius 1 is 0.947 bits per heavy atom. The van der Waals surface area contributed by atoms with E-state index in [0.29, 0.717) is 16.8 Å². The number of benzene rings is 2. The topological polar surface area (TPSA) is 50.2 Å². The number of fused-ring (bicyclic) bond motifs is 2. The second-order valence-corrected chi connectivity index (χ2v) is 4.59. The summed E-state index contributed by atoms with van der Waals surface area (Å²) >= 11 is 0. The third kappa shape index (κ3) is 1.21. The quantitative estimate of drug-likeness (QED) is 0.519. The third-order valence-electron chi connectivity index (χ3n) is 3.56. The molecule has 0 saturated carbocycles. The number of aromatic nitrogens is 1. The molecule has 0 fully saturated rings. The molecule has 1 aliphatic rings. The molecule has 1 aromatic heterocycles. The van der Waals surface area contributed by atoms with Crippen LogP contribution in [0.25, 0.3) is 21.9 Å². The summed E-state index contributed by atoms with van der Waals surface area (Å²) < 4.78 is 0. The van der Waals surface area contributed by atoms with Crippen LogP contribution in [0, 0.1) is 0 Å². The molecule has 3 aromatic rings. The highest BCUT2D eigenvalue weighted by Crippen LogP contribution is 2.42. The van der Waals surface area contributed by atoms with Crippen molar-refractivity contribution < 1.29 is 9.90 Å². The third-order valence-corrected chi connectivity index (χ3v) is 3.56. The van der Waals surface area contributed by atoms with Crippen LogP contribution < -0.4 is 0 Å². The number of hydrogen-bond donors (Lipinski definition) is 1. The minimum absolute atomic E-state index is 0.129. The standard InChI is InChI=1S/C16H9NO2/c18-12-6-2-5-11-14(12)10-4-1-3-9-7-8-17-15(13(9)10)16(11)19/h1-8,18H. The lowest BCUT2D eigenvalue weighted by atomic mass is 9.85. The van der Waals surface area contributed by atoms with E-state index in [2.05, 4.69) is 4.98 Å². The molecule has 0 amide bonds. The van der Waals surface area contributed by atoms with Gasteiger partial charge in [-0.3, -0.25) is 9.78 Å². The monoisotopic (exact) mass is 247 g/mol. The molecule has 1 N–H and O–H groups in total. The molecule has 4 rings (SSSR count). The fraction of sp³-hybridized carbons (Fsp3) is 0. The maximum atomic E-state index is 12.5. The number of hydrogen-bond acceptors (Lipinski definition) is 3. The van der Waals surface area contributed by atoms with E-state index in [0.717, 1.165) is 16.3 Å². The molecule has 0 spiro atoms. The average molecular weight is 247 g/mol. The van der Waals surface area contributed by atoms with E-state index in [-0.39, 0.29) is 11.5 Å². The lowest BCUT2D eigenvalue weighted by Gasteiger charge is -2.19. The van der Waals surface area contributed by atoms with Gasteiger partial charge in [0.05, 0.1) is 0 Å². The van der Waals surface area contributed by atoms with Gasteiger partial charge in [-0.1, -0.05) is 30.3 Å². The van der Waals surface area contributed by atoms with Gasteiger partial charge in [0.2, 0.25) is 5.78 Å². The van der Waals surface area contributed by atoms with Crippen LogP contribution in [0.4, 0.5) is 0 Å². The number of carbonyl (C=O) groups excluding carboxylic acids is 1. The first kappa shape index (κ1) is 10.3. The lowest BCUT2D eigenvalue weighted by Crippen LogP contribution is -2.11. The van der Waals surface area contributed by atoms with Crippen LogP contribution in [0.2, 0.25) is 0 Å². The molecule has 0 saturated heterocycles. The fourth-order valence-electron chi connectivity index (χ4n) is 2.75. The van der Waals surface area contributed by atoms with Gasteiger partial charge in [0, 0.05) is 22.7 Å². The predicted molar refractivity (Wildman–Crippen MR) is 72.3 cm³/mol. The Bertz CT molecular complexity index is 847. The van der Waals surface area contributed by atoms with Gasteiger partial charge in [-0.05, 0) is 23.1 Å². The molecule has 1 aliphatic carbocycles. The highest BCUT2D eigenvalue weighted by molar-refractivity contribution is 6.25. The van der Waals surface area contributed by atoms with Crippen LogP contribution in [0.1, 0.15) is 16.1 Å². The maximum absolute atomic E-state index is 12.5. The zero-order valence-electron chi connectivity index (χ0n) is 9.92. The van der Waals surface area contributed by atoms with E-state index in [1.54, 1.807) is 24.4 Å². The molecule has 0 bridgehead atoms. The zero-order chi connectivity index (χ0) is 13.0. The summed E-state index contributed by atoms with van der Waals surface area (Å²) in [5.41, 5.74) is 2.46. The van der Waals surface area contributed by atoms with Crippen molar-refractivity contribution in [2.75, 3.05) is 0 Å². The summed E-state index contributed by atoms with van der Waals surface area (Å²) in [6, 6.07) is 12.7. The predicted octanol–water partition coefficient (Wildman–Crippen LogP) is 3.15. The fourth-order valence-corrected chi connectivity index (χ4v) is 2.75. The van der Waals surface area contributed by atoms with E-state index < -0.39 is 0 Å². The molecule has 3 nitrogen and oxygen atoms in total. The number of phenolic OH excluding ortho intramolecular Hbond substituents is 1. The van der Waals surface area contributed by atoms with Crippen molar-refractivity contribution in [3.63, 3.8) is 0 Å². The number of phenols is 1. The van der Waals surface area contributed by atoms with Gasteiger partial charge in [-0.15, -0.1) is 0 Å². The Labute approximate surface area is 109 Å². The number of ketones is 1. The van der Waals surface area contributed by atoms with Gasteiger partial charge in [0.1, 0.15) is 11.4 Å². The minimum Gasteiger partial charge on any atom is -0.507 e. The van der Waals surface area contributed by atoms with Gasteiger partial charge >= 0.3 is 0 Å². The van der Waals surface area contributed by atoms with E-state index in [1.807, 2.05) is 24.3 Å². The van der Waals surface area contributed by atoms with Crippen LogP contribution >= 0.6 is 0 Å². The zero-order valence-corrected chi connectivity index (χ0v) is 9.92. The number of aromatic hydroxyl groups is 1. The minimum atomic E-state index is -0.129. The first-order chi connectivity index (χ1) is 9.27. The van der Waals surface area contributed by atoms with Crippen LogP contribution in [-0.4, -0.2) is 15.9 Å². The van der Waals surface area contributed by atoms with Crippen molar-refractivity contribution in [2.24, 2.45) is 0 Å². The number of carbonyl (C=O) groups is 1. The van der Waals surface area contributed by atoms with Gasteiger partial charge in [0.25, 0.3) is 0 Å². The van der Waals surface area contributed by atoms with E-state index in [4.69, 9.17) is 0 Å². The lowest BCUT2D eigenvalue weighted by molar-refractivity contribution is 0.103. The van der Waals surface area contributed by atoms with Crippen LogP contribution in [0.3, 0.4) is 0 Å². The first-order valence-corrected chi connectivity index (χ1v) is 6.02. The molecular weight excluding hydrogens is 238 g/mol. The Morgan fingerprint density at radius 2 is 1.74 bits per heavy atom. The molecular formula is C16H9NO2. The largest absolute Gasteiger partial charge is 0.507 e. The highest BCUT2D eigenvalue weighted by Gasteiger charge is 2.27. The molecule has 1 heterocycles. The van der Waals surface area contributed by atoms with Crippen molar-refractivity contribution in [3.05, 3.63) is 59.9 Å². The summed E-state index contributed by atoms with van der Waals surface area (Å²) in [6.07, 6.45) is 1.65. The summed E-state index contributed by atoms with van der Waals surface area (Å²) in [7, 11) is 0. The summed E-state index contributed by atoms with van der Waals surface area (Å²) in [6.45, 7) is 0. The van der Waals surface area contributed by atoms with Crippen molar-refractivity contribution in [2.45, 2.75) is 0 Å². The van der Waals surface area contributed by atoms with E-state index in [1.165, 1.54) is 0 Å². The molecule has 19 heavy (non-hydrogen) atoms. The van der Waals surface area contributed by atoms with Crippen molar-refractivity contribution >= 4 is 16.6 Å². The Balaban J connectivity index is 2.29. The Morgan fingerprint density at radius 3 is 2.63 bits per heavy atom. The smallest absolute Gasteiger partial charge is 0.212 e. The summed E-state index contributed by atoms with van der Waals surface area (Å²) in [4.78, 5) is 16.7. The Kier molecular flexibility index (Phi) is 1.85. The first-order valence-electron chi connectivity index (χ1n) is 6.02. The van der Waals surface area contributed by atoms with Crippen LogP contribution in [0.5, 0.6) is 5.75 Å². The van der Waals surface area contributed by atoms with Crippen molar-refractivity contribution in [1.29, 1.82) is 0 Å². The number of nitrogens with zero attached hydrogens (tertiary/aromatic N) is 1. The van der Waals surface area contributed by atoms with Gasteiger partial charge in [0.15, 0.2) is 0 Å². The van der Waals surface area contributed by atoms with Gasteiger partial charge in [-0.2, -0.15) is 0 Å². The van der Waals surface area contributed by atoms with Gasteiger partial charge in [-0.25, -0.2) is 0 Å². The van der Waals surface area contributed by atoms with Crippen molar-refractivity contribution in [3.8, 4) is 16.9 Å². The molecule has 0 aliphatic heterocycles. The normalized spacial score (nSPS) is 12.5. The second-order valence-electron chi connectivity index (χ2n) is 4.59.